The van der Waals surface area contributed by atoms with Crippen molar-refractivity contribution in [3.05, 3.63) is 11.6 Å². The van der Waals surface area contributed by atoms with Crippen molar-refractivity contribution in [1.82, 2.24) is 0 Å². The van der Waals surface area contributed by atoms with Crippen LogP contribution in [-0.2, 0) is 0 Å². The molecule has 0 radical (unpaired) electrons. The first-order valence-electron chi connectivity index (χ1n) is 7.10. The van der Waals surface area contributed by atoms with E-state index in [-0.39, 0.29) is 0 Å². The summed E-state index contributed by atoms with van der Waals surface area (Å²) in [6.07, 6.45) is 17.2. The van der Waals surface area contributed by atoms with Crippen molar-refractivity contribution in [3.8, 4) is 0 Å². The Morgan fingerprint density at radius 2 is 1.73 bits per heavy atom. The maximum absolute atomic E-state index is 2.59. The van der Waals surface area contributed by atoms with E-state index in [1.165, 1.54) is 64.2 Å². The minimum atomic E-state index is 0.978. The van der Waals surface area contributed by atoms with Gasteiger partial charge in [-0.1, -0.05) is 57.1 Å². The van der Waals surface area contributed by atoms with E-state index in [4.69, 9.17) is 0 Å². The van der Waals surface area contributed by atoms with Gasteiger partial charge in [0.2, 0.25) is 0 Å². The summed E-state index contributed by atoms with van der Waals surface area (Å²) in [7, 11) is 0. The van der Waals surface area contributed by atoms with E-state index in [0.29, 0.717) is 0 Å². The summed E-state index contributed by atoms with van der Waals surface area (Å²) in [5.41, 5.74) is 1.81. The van der Waals surface area contributed by atoms with Gasteiger partial charge in [-0.05, 0) is 37.5 Å². The SMILES string of the molecule is CCCCCCCCC1C=C(C2CC2)C1. The normalized spacial score (nSPS) is 24.9. The predicted octanol–water partition coefficient (Wildman–Crippen LogP) is 5.09. The van der Waals surface area contributed by atoms with Gasteiger partial charge in [-0.3, -0.25) is 0 Å². The standard InChI is InChI=1S/C15H26/c1-2-3-4-5-6-7-8-13-11-15(12-13)14-9-10-14/h11,13-14H,2-10,12H2,1H3. The lowest BCUT2D eigenvalue weighted by Crippen LogP contribution is -2.11. The first kappa shape index (κ1) is 11.2. The van der Waals surface area contributed by atoms with E-state index >= 15 is 0 Å². The Labute approximate surface area is 95.1 Å². The average molecular weight is 206 g/mol. The second-order valence-corrected chi connectivity index (χ2v) is 5.54. The van der Waals surface area contributed by atoms with E-state index < -0.39 is 0 Å². The topological polar surface area (TPSA) is 0 Å². The molecule has 1 atom stereocenters. The van der Waals surface area contributed by atoms with Crippen molar-refractivity contribution >= 4 is 0 Å². The lowest BCUT2D eigenvalue weighted by atomic mass is 9.80. The van der Waals surface area contributed by atoms with Crippen LogP contribution in [0.15, 0.2) is 11.6 Å². The molecule has 2 aliphatic rings. The van der Waals surface area contributed by atoms with E-state index in [2.05, 4.69) is 13.0 Å². The lowest BCUT2D eigenvalue weighted by molar-refractivity contribution is 0.471. The first-order chi connectivity index (χ1) is 7.40. The summed E-state index contributed by atoms with van der Waals surface area (Å²) in [6, 6.07) is 0. The Bertz CT molecular complexity index is 210. The summed E-state index contributed by atoms with van der Waals surface area (Å²) < 4.78 is 0. The summed E-state index contributed by atoms with van der Waals surface area (Å²) in [6.45, 7) is 2.29. The van der Waals surface area contributed by atoms with Gasteiger partial charge >= 0.3 is 0 Å². The van der Waals surface area contributed by atoms with Gasteiger partial charge in [0.25, 0.3) is 0 Å². The van der Waals surface area contributed by atoms with Crippen LogP contribution >= 0.6 is 0 Å². The maximum Gasteiger partial charge on any atom is -0.0193 e. The highest BCUT2D eigenvalue weighted by Crippen LogP contribution is 2.45. The molecule has 1 fully saturated rings. The van der Waals surface area contributed by atoms with Crippen LogP contribution in [-0.4, -0.2) is 0 Å². The zero-order valence-electron chi connectivity index (χ0n) is 10.3. The molecule has 1 unspecified atom stereocenters. The highest BCUT2D eigenvalue weighted by molar-refractivity contribution is 5.23. The monoisotopic (exact) mass is 206 g/mol. The zero-order valence-corrected chi connectivity index (χ0v) is 10.3. The fourth-order valence-electron chi connectivity index (χ4n) is 2.70. The van der Waals surface area contributed by atoms with Crippen LogP contribution in [0, 0.1) is 11.8 Å². The van der Waals surface area contributed by atoms with Gasteiger partial charge in [0.05, 0.1) is 0 Å². The molecule has 0 heterocycles. The van der Waals surface area contributed by atoms with E-state index in [1.807, 2.05) is 5.57 Å². The third-order valence-electron chi connectivity index (χ3n) is 3.98. The predicted molar refractivity (Wildman–Crippen MR) is 66.9 cm³/mol. The summed E-state index contributed by atoms with van der Waals surface area (Å²) >= 11 is 0. The van der Waals surface area contributed by atoms with Crippen molar-refractivity contribution in [1.29, 1.82) is 0 Å². The highest BCUT2D eigenvalue weighted by Gasteiger charge is 2.31. The molecule has 2 aliphatic carbocycles. The van der Waals surface area contributed by atoms with Crippen LogP contribution < -0.4 is 0 Å². The van der Waals surface area contributed by atoms with Crippen LogP contribution in [0.1, 0.15) is 71.1 Å². The van der Waals surface area contributed by atoms with Crippen LogP contribution in [0.2, 0.25) is 0 Å². The molecule has 0 saturated heterocycles. The second-order valence-electron chi connectivity index (χ2n) is 5.54. The molecule has 0 spiro atoms. The molecule has 0 aromatic heterocycles. The molecule has 0 heteroatoms. The molecule has 0 bridgehead atoms. The number of allylic oxidation sites excluding steroid dienone is 2. The molecule has 0 aliphatic heterocycles. The molecule has 0 amide bonds. The minimum Gasteiger partial charge on any atom is -0.0816 e. The number of hydrogen-bond acceptors (Lipinski definition) is 0. The fourth-order valence-corrected chi connectivity index (χ4v) is 2.70. The molecular formula is C15H26. The van der Waals surface area contributed by atoms with Crippen molar-refractivity contribution < 1.29 is 0 Å². The summed E-state index contributed by atoms with van der Waals surface area (Å²) in [4.78, 5) is 0. The Hall–Kier alpha value is -0.260. The van der Waals surface area contributed by atoms with E-state index in [9.17, 15) is 0 Å². The van der Waals surface area contributed by atoms with Gasteiger partial charge in [-0.2, -0.15) is 0 Å². The smallest absolute Gasteiger partial charge is 0.0193 e. The summed E-state index contributed by atoms with van der Waals surface area (Å²) in [5, 5.41) is 0. The van der Waals surface area contributed by atoms with Crippen LogP contribution in [0.25, 0.3) is 0 Å². The van der Waals surface area contributed by atoms with Gasteiger partial charge < -0.3 is 0 Å². The zero-order chi connectivity index (χ0) is 10.5. The molecule has 0 nitrogen and oxygen atoms in total. The van der Waals surface area contributed by atoms with Gasteiger partial charge in [0.15, 0.2) is 0 Å². The Morgan fingerprint density at radius 3 is 2.40 bits per heavy atom. The molecule has 0 aromatic rings. The Morgan fingerprint density at radius 1 is 1.07 bits per heavy atom. The number of hydrogen-bond donors (Lipinski definition) is 0. The van der Waals surface area contributed by atoms with Crippen LogP contribution in [0.5, 0.6) is 0 Å². The molecule has 1 saturated carbocycles. The molecule has 0 N–H and O–H groups in total. The van der Waals surface area contributed by atoms with Crippen molar-refractivity contribution in [2.24, 2.45) is 11.8 Å². The third kappa shape index (κ3) is 3.66. The first-order valence-corrected chi connectivity index (χ1v) is 7.10. The van der Waals surface area contributed by atoms with Crippen molar-refractivity contribution in [2.45, 2.75) is 71.1 Å². The second kappa shape index (κ2) is 5.72. The molecule has 0 aromatic carbocycles. The maximum atomic E-state index is 2.59. The minimum absolute atomic E-state index is 0.978. The Balaban J connectivity index is 1.43. The lowest BCUT2D eigenvalue weighted by Gasteiger charge is -2.25. The van der Waals surface area contributed by atoms with E-state index in [0.717, 1.165) is 11.8 Å². The molecular weight excluding hydrogens is 180 g/mol. The molecule has 86 valence electrons. The van der Waals surface area contributed by atoms with Gasteiger partial charge in [0, 0.05) is 0 Å². The highest BCUT2D eigenvalue weighted by atomic mass is 14.4. The average Bonchev–Trinajstić information content (AvgIpc) is 2.97. The van der Waals surface area contributed by atoms with Crippen LogP contribution in [0.3, 0.4) is 0 Å². The number of unbranched alkanes of at least 4 members (excludes halogenated alkanes) is 5. The molecule has 2 rings (SSSR count). The van der Waals surface area contributed by atoms with E-state index in [1.54, 1.807) is 0 Å². The van der Waals surface area contributed by atoms with Gasteiger partial charge in [-0.25, -0.2) is 0 Å². The third-order valence-corrected chi connectivity index (χ3v) is 3.98. The summed E-state index contributed by atoms with van der Waals surface area (Å²) in [5.74, 6) is 2.03. The quantitative estimate of drug-likeness (QED) is 0.383. The van der Waals surface area contributed by atoms with Gasteiger partial charge in [0.1, 0.15) is 0 Å². The largest absolute Gasteiger partial charge is 0.0816 e. The van der Waals surface area contributed by atoms with Crippen molar-refractivity contribution in [3.63, 3.8) is 0 Å². The van der Waals surface area contributed by atoms with Gasteiger partial charge in [-0.15, -0.1) is 0 Å². The Kier molecular flexibility index (Phi) is 4.29. The molecule has 15 heavy (non-hydrogen) atoms. The fraction of sp³-hybridized carbons (Fsp3) is 0.867. The van der Waals surface area contributed by atoms with Crippen LogP contribution in [0.4, 0.5) is 0 Å². The number of rotatable bonds is 8. The van der Waals surface area contributed by atoms with Crippen molar-refractivity contribution in [2.75, 3.05) is 0 Å².